The number of nitrogens with one attached hydrogen (secondary N) is 1. The van der Waals surface area contributed by atoms with E-state index in [1.165, 1.54) is 0 Å². The molecule has 1 heterocycles. The number of benzene rings is 1. The fourth-order valence-corrected chi connectivity index (χ4v) is 2.17. The lowest BCUT2D eigenvalue weighted by Crippen LogP contribution is -2.52. The molecule has 6 heteroatoms. The smallest absolute Gasteiger partial charge is 0.326 e. The molecule has 0 saturated carbocycles. The Hall–Kier alpha value is -1.14. The molecule has 1 unspecified atom stereocenters. The number of carboxylic acid groups (broad SMARTS) is 1. The molecule has 0 bridgehead atoms. The van der Waals surface area contributed by atoms with E-state index in [1.54, 1.807) is 24.3 Å². The molecule has 1 atom stereocenters. The van der Waals surface area contributed by atoms with Crippen molar-refractivity contribution in [2.75, 3.05) is 33.2 Å². The first-order valence-electron chi connectivity index (χ1n) is 6.24. The van der Waals surface area contributed by atoms with E-state index >= 15 is 0 Å². The number of piperazine rings is 1. The van der Waals surface area contributed by atoms with Gasteiger partial charge in [0.15, 0.2) is 0 Å². The Balaban J connectivity index is 2.04. The first kappa shape index (κ1) is 14.3. The lowest BCUT2D eigenvalue weighted by Gasteiger charge is -2.34. The van der Waals surface area contributed by atoms with Gasteiger partial charge in [0.2, 0.25) is 0 Å². The molecule has 5 nitrogen and oxygen atoms in total. The van der Waals surface area contributed by atoms with Gasteiger partial charge in [-0.1, -0.05) is 23.7 Å². The van der Waals surface area contributed by atoms with Gasteiger partial charge in [-0.3, -0.25) is 4.79 Å². The second kappa shape index (κ2) is 6.34. The number of carbonyl (C=O) groups is 1. The molecular weight excluding hydrogens is 266 g/mol. The van der Waals surface area contributed by atoms with E-state index in [0.717, 1.165) is 26.2 Å². The summed E-state index contributed by atoms with van der Waals surface area (Å²) < 4.78 is 0. The molecule has 104 valence electrons. The van der Waals surface area contributed by atoms with Crippen molar-refractivity contribution in [3.8, 4) is 0 Å². The highest BCUT2D eigenvalue weighted by atomic mass is 35.5. The highest BCUT2D eigenvalue weighted by molar-refractivity contribution is 6.30. The van der Waals surface area contributed by atoms with Gasteiger partial charge >= 0.3 is 5.97 Å². The Morgan fingerprint density at radius 3 is 2.37 bits per heavy atom. The lowest BCUT2D eigenvalue weighted by atomic mass is 10.1. The van der Waals surface area contributed by atoms with Crippen molar-refractivity contribution in [3.05, 3.63) is 34.9 Å². The first-order valence-corrected chi connectivity index (χ1v) is 6.62. The fraction of sp³-hybridized carbons (Fsp3) is 0.462. The Morgan fingerprint density at radius 2 is 1.84 bits per heavy atom. The maximum absolute atomic E-state index is 11.4. The van der Waals surface area contributed by atoms with E-state index < -0.39 is 12.0 Å². The van der Waals surface area contributed by atoms with Crippen LogP contribution in [0.5, 0.6) is 0 Å². The van der Waals surface area contributed by atoms with Crippen LogP contribution in [0.15, 0.2) is 24.3 Å². The minimum Gasteiger partial charge on any atom is -0.480 e. The number of rotatable bonds is 4. The second-order valence-electron chi connectivity index (χ2n) is 4.74. The third-order valence-electron chi connectivity index (χ3n) is 3.27. The summed E-state index contributed by atoms with van der Waals surface area (Å²) in [7, 11) is 2.06. The van der Waals surface area contributed by atoms with Gasteiger partial charge in [-0.05, 0) is 24.7 Å². The molecule has 1 fully saturated rings. The summed E-state index contributed by atoms with van der Waals surface area (Å²) in [5.41, 5.74) is 3.78. The average Bonchev–Trinajstić information content (AvgIpc) is 2.39. The third-order valence-corrected chi connectivity index (χ3v) is 3.52. The Bertz CT molecular complexity index is 430. The Morgan fingerprint density at radius 1 is 1.26 bits per heavy atom. The Kier molecular flexibility index (Phi) is 4.76. The molecule has 0 radical (unpaired) electrons. The molecule has 2 rings (SSSR count). The standard InChI is InChI=1S/C13H18ClN3O2/c1-16-6-8-17(9-7-16)15-12(13(18)19)10-2-4-11(14)5-3-10/h2-5,12,15H,6-9H2,1H3,(H,18,19). The van der Waals surface area contributed by atoms with E-state index in [0.29, 0.717) is 10.6 Å². The van der Waals surface area contributed by atoms with Crippen LogP contribution in [0.4, 0.5) is 0 Å². The number of hydrogen-bond donors (Lipinski definition) is 2. The van der Waals surface area contributed by atoms with Crippen molar-refractivity contribution in [3.63, 3.8) is 0 Å². The normalized spacial score (nSPS) is 19.3. The first-order chi connectivity index (χ1) is 9.06. The summed E-state index contributed by atoms with van der Waals surface area (Å²) >= 11 is 5.82. The maximum atomic E-state index is 11.4. The molecular formula is C13H18ClN3O2. The zero-order chi connectivity index (χ0) is 13.8. The highest BCUT2D eigenvalue weighted by Gasteiger charge is 2.24. The summed E-state index contributed by atoms with van der Waals surface area (Å²) in [4.78, 5) is 13.6. The van der Waals surface area contributed by atoms with E-state index in [-0.39, 0.29) is 0 Å². The third kappa shape index (κ3) is 3.91. The largest absolute Gasteiger partial charge is 0.480 e. The average molecular weight is 284 g/mol. The fourth-order valence-electron chi connectivity index (χ4n) is 2.05. The molecule has 0 aliphatic carbocycles. The Labute approximate surface area is 117 Å². The quantitative estimate of drug-likeness (QED) is 0.870. The van der Waals surface area contributed by atoms with Crippen molar-refractivity contribution >= 4 is 17.6 Å². The van der Waals surface area contributed by atoms with Gasteiger partial charge < -0.3 is 10.0 Å². The monoisotopic (exact) mass is 283 g/mol. The second-order valence-corrected chi connectivity index (χ2v) is 5.18. The van der Waals surface area contributed by atoms with Crippen LogP contribution in [0.3, 0.4) is 0 Å². The molecule has 2 N–H and O–H groups in total. The number of hydrazine groups is 1. The van der Waals surface area contributed by atoms with Gasteiger partial charge in [0.05, 0.1) is 0 Å². The molecule has 1 aliphatic heterocycles. The van der Waals surface area contributed by atoms with Crippen molar-refractivity contribution < 1.29 is 9.90 Å². The summed E-state index contributed by atoms with van der Waals surface area (Å²) in [5.74, 6) is -0.888. The number of aliphatic carboxylic acids is 1. The minimum atomic E-state index is -0.888. The molecule has 0 spiro atoms. The zero-order valence-electron chi connectivity index (χ0n) is 10.8. The van der Waals surface area contributed by atoms with E-state index in [9.17, 15) is 9.90 Å². The maximum Gasteiger partial charge on any atom is 0.326 e. The van der Waals surface area contributed by atoms with Gasteiger partial charge in [-0.25, -0.2) is 10.4 Å². The lowest BCUT2D eigenvalue weighted by molar-refractivity contribution is -0.141. The number of hydrogen-bond acceptors (Lipinski definition) is 4. The van der Waals surface area contributed by atoms with Crippen molar-refractivity contribution in [1.82, 2.24) is 15.3 Å². The van der Waals surface area contributed by atoms with Crippen LogP contribution >= 0.6 is 11.6 Å². The van der Waals surface area contributed by atoms with E-state index in [2.05, 4.69) is 17.4 Å². The minimum absolute atomic E-state index is 0.604. The van der Waals surface area contributed by atoms with Crippen LogP contribution in [0.25, 0.3) is 0 Å². The van der Waals surface area contributed by atoms with Crippen molar-refractivity contribution in [1.29, 1.82) is 0 Å². The van der Waals surface area contributed by atoms with Crippen LogP contribution in [0.1, 0.15) is 11.6 Å². The van der Waals surface area contributed by atoms with Crippen LogP contribution in [0, 0.1) is 0 Å². The SMILES string of the molecule is CN1CCN(NC(C(=O)O)c2ccc(Cl)cc2)CC1. The van der Waals surface area contributed by atoms with Crippen LogP contribution in [0.2, 0.25) is 5.02 Å². The van der Waals surface area contributed by atoms with Gasteiger partial charge in [-0.2, -0.15) is 0 Å². The van der Waals surface area contributed by atoms with Crippen molar-refractivity contribution in [2.45, 2.75) is 6.04 Å². The van der Waals surface area contributed by atoms with Crippen LogP contribution in [-0.4, -0.2) is 54.2 Å². The molecule has 1 saturated heterocycles. The molecule has 1 aliphatic rings. The van der Waals surface area contributed by atoms with Gasteiger partial charge in [0.25, 0.3) is 0 Å². The van der Waals surface area contributed by atoms with E-state index in [4.69, 9.17) is 11.6 Å². The number of halogens is 1. The van der Waals surface area contributed by atoms with Crippen LogP contribution < -0.4 is 5.43 Å². The van der Waals surface area contributed by atoms with Gasteiger partial charge in [-0.15, -0.1) is 0 Å². The number of nitrogens with zero attached hydrogens (tertiary/aromatic N) is 2. The zero-order valence-corrected chi connectivity index (χ0v) is 11.6. The summed E-state index contributed by atoms with van der Waals surface area (Å²) in [6.45, 7) is 3.49. The van der Waals surface area contributed by atoms with Gasteiger partial charge in [0.1, 0.15) is 6.04 Å². The topological polar surface area (TPSA) is 55.8 Å². The summed E-state index contributed by atoms with van der Waals surface area (Å²) in [5, 5.41) is 11.9. The summed E-state index contributed by atoms with van der Waals surface area (Å²) in [6.07, 6.45) is 0. The predicted molar refractivity (Wildman–Crippen MR) is 74.0 cm³/mol. The van der Waals surface area contributed by atoms with Crippen molar-refractivity contribution in [2.24, 2.45) is 0 Å². The van der Waals surface area contributed by atoms with Crippen LogP contribution in [-0.2, 0) is 4.79 Å². The summed E-state index contributed by atoms with van der Waals surface area (Å²) in [6, 6.07) is 6.16. The van der Waals surface area contributed by atoms with Gasteiger partial charge in [0, 0.05) is 31.2 Å². The number of carboxylic acids is 1. The highest BCUT2D eigenvalue weighted by Crippen LogP contribution is 2.17. The number of likely N-dealkylation sites (N-methyl/N-ethyl adjacent to an activating group) is 1. The van der Waals surface area contributed by atoms with E-state index in [1.807, 2.05) is 5.01 Å². The molecule has 0 aromatic heterocycles. The molecule has 19 heavy (non-hydrogen) atoms. The molecule has 1 aromatic carbocycles. The molecule has 0 amide bonds. The molecule has 1 aromatic rings. The predicted octanol–water partition coefficient (Wildman–Crippen LogP) is 1.22.